The van der Waals surface area contributed by atoms with Gasteiger partial charge < -0.3 is 14.4 Å². The van der Waals surface area contributed by atoms with Gasteiger partial charge >= 0.3 is 0 Å². The minimum Gasteiger partial charge on any atom is -0.486 e. The Morgan fingerprint density at radius 1 is 1.18 bits per heavy atom. The summed E-state index contributed by atoms with van der Waals surface area (Å²) in [7, 11) is 0. The van der Waals surface area contributed by atoms with Crippen LogP contribution < -0.4 is 9.47 Å². The van der Waals surface area contributed by atoms with Crippen molar-refractivity contribution in [1.82, 2.24) is 4.90 Å². The molecule has 0 bridgehead atoms. The predicted octanol–water partition coefficient (Wildman–Crippen LogP) is 4.05. The molecule has 0 aliphatic carbocycles. The first kappa shape index (κ1) is 18.8. The average Bonchev–Trinajstić information content (AvgIpc) is 2.69. The van der Waals surface area contributed by atoms with E-state index in [-0.39, 0.29) is 18.3 Å². The lowest BCUT2D eigenvalue weighted by atomic mass is 9.82. The lowest BCUT2D eigenvalue weighted by Crippen LogP contribution is -2.53. The van der Waals surface area contributed by atoms with Crippen LogP contribution in [-0.2, 0) is 4.79 Å². The summed E-state index contributed by atoms with van der Waals surface area (Å²) in [5, 5.41) is 0.624. The molecule has 5 nitrogen and oxygen atoms in total. The molecular weight excluding hydrogens is 378 g/mol. The maximum absolute atomic E-state index is 12.6. The van der Waals surface area contributed by atoms with Gasteiger partial charge in [-0.15, -0.1) is 0 Å². The molecule has 0 aromatic heterocycles. The summed E-state index contributed by atoms with van der Waals surface area (Å²) in [6.45, 7) is 3.05. The minimum absolute atomic E-state index is 0.0173. The monoisotopic (exact) mass is 399 g/mol. The number of hydrogen-bond donors (Lipinski definition) is 0. The van der Waals surface area contributed by atoms with Crippen molar-refractivity contribution in [3.05, 3.63) is 58.6 Å². The number of carbonyl (C=O) groups excluding carboxylic acids is 2. The zero-order chi connectivity index (χ0) is 19.7. The maximum Gasteiger partial charge on any atom is 0.260 e. The molecule has 1 amide bonds. The summed E-state index contributed by atoms with van der Waals surface area (Å²) in [6, 6.07) is 12.6. The van der Waals surface area contributed by atoms with Gasteiger partial charge in [0.15, 0.2) is 12.4 Å². The van der Waals surface area contributed by atoms with Gasteiger partial charge in [-0.25, -0.2) is 0 Å². The topological polar surface area (TPSA) is 55.8 Å². The van der Waals surface area contributed by atoms with E-state index in [4.69, 9.17) is 21.1 Å². The fourth-order valence-electron chi connectivity index (χ4n) is 3.82. The minimum atomic E-state index is -0.507. The molecule has 2 heterocycles. The van der Waals surface area contributed by atoms with Gasteiger partial charge in [-0.2, -0.15) is 0 Å². The van der Waals surface area contributed by atoms with E-state index in [0.29, 0.717) is 54.4 Å². The van der Waals surface area contributed by atoms with Gasteiger partial charge in [-0.1, -0.05) is 23.2 Å². The number of aryl methyl sites for hydroxylation is 1. The maximum atomic E-state index is 12.6. The van der Waals surface area contributed by atoms with Crippen LogP contribution in [0, 0.1) is 6.92 Å². The first-order chi connectivity index (χ1) is 13.4. The van der Waals surface area contributed by atoms with E-state index < -0.39 is 5.60 Å². The normalized spacial score (nSPS) is 17.8. The number of Topliss-reactive ketones (excluding diaryl/α,β-unsaturated/α-hetero) is 1. The van der Waals surface area contributed by atoms with Crippen molar-refractivity contribution in [3.8, 4) is 11.5 Å². The SMILES string of the molecule is Cc1ccc2c(c1)C(=O)CC1(CCN(C(=O)COc3ccc(Cl)cc3)CC1)O2. The highest BCUT2D eigenvalue weighted by Crippen LogP contribution is 2.39. The average molecular weight is 400 g/mol. The Bertz CT molecular complexity index is 901. The highest BCUT2D eigenvalue weighted by atomic mass is 35.5. The predicted molar refractivity (Wildman–Crippen MR) is 106 cm³/mol. The fourth-order valence-corrected chi connectivity index (χ4v) is 3.94. The van der Waals surface area contributed by atoms with Crippen molar-refractivity contribution in [2.24, 2.45) is 0 Å². The smallest absolute Gasteiger partial charge is 0.260 e. The van der Waals surface area contributed by atoms with Crippen molar-refractivity contribution >= 4 is 23.3 Å². The van der Waals surface area contributed by atoms with Gasteiger partial charge in [0, 0.05) is 31.0 Å². The molecule has 0 unspecified atom stereocenters. The van der Waals surface area contributed by atoms with Crippen LogP contribution in [0.1, 0.15) is 35.2 Å². The highest BCUT2D eigenvalue weighted by Gasteiger charge is 2.43. The molecule has 0 saturated carbocycles. The number of fused-ring (bicyclic) bond motifs is 1. The molecule has 2 aliphatic rings. The lowest BCUT2D eigenvalue weighted by molar-refractivity contribution is -0.136. The van der Waals surface area contributed by atoms with Crippen LogP contribution >= 0.6 is 11.6 Å². The van der Waals surface area contributed by atoms with Crippen LogP contribution in [0.15, 0.2) is 42.5 Å². The molecule has 2 aromatic rings. The van der Waals surface area contributed by atoms with Gasteiger partial charge in [0.25, 0.3) is 5.91 Å². The quantitative estimate of drug-likeness (QED) is 0.781. The first-order valence-electron chi connectivity index (χ1n) is 9.43. The summed E-state index contributed by atoms with van der Waals surface area (Å²) < 4.78 is 11.8. The molecular formula is C22H22ClNO4. The number of likely N-dealkylation sites (tertiary alicyclic amines) is 1. The van der Waals surface area contributed by atoms with Gasteiger partial charge in [-0.3, -0.25) is 9.59 Å². The highest BCUT2D eigenvalue weighted by molar-refractivity contribution is 6.30. The molecule has 2 aliphatic heterocycles. The van der Waals surface area contributed by atoms with Crippen molar-refractivity contribution in [2.75, 3.05) is 19.7 Å². The molecule has 1 fully saturated rings. The summed E-state index contributed by atoms with van der Waals surface area (Å²) in [5.41, 5.74) is 1.21. The number of ketones is 1. The Labute approximate surface area is 169 Å². The Morgan fingerprint density at radius 2 is 1.89 bits per heavy atom. The second kappa shape index (κ2) is 7.47. The molecule has 6 heteroatoms. The van der Waals surface area contributed by atoms with Crippen molar-refractivity contribution in [3.63, 3.8) is 0 Å². The third kappa shape index (κ3) is 3.85. The molecule has 0 N–H and O–H groups in total. The van der Waals surface area contributed by atoms with Gasteiger partial charge in [-0.05, 0) is 43.3 Å². The van der Waals surface area contributed by atoms with E-state index >= 15 is 0 Å². The summed E-state index contributed by atoms with van der Waals surface area (Å²) in [5.74, 6) is 1.32. The van der Waals surface area contributed by atoms with Gasteiger partial charge in [0.1, 0.15) is 17.1 Å². The van der Waals surface area contributed by atoms with Crippen LogP contribution in [-0.4, -0.2) is 41.9 Å². The molecule has 146 valence electrons. The van der Waals surface area contributed by atoms with Gasteiger partial charge in [0.05, 0.1) is 12.0 Å². The number of amides is 1. The number of rotatable bonds is 3. The lowest BCUT2D eigenvalue weighted by Gasteiger charge is -2.44. The second-order valence-corrected chi connectivity index (χ2v) is 7.94. The van der Waals surface area contributed by atoms with Gasteiger partial charge in [0.2, 0.25) is 0 Å². The number of ether oxygens (including phenoxy) is 2. The Hall–Kier alpha value is -2.53. The third-order valence-electron chi connectivity index (χ3n) is 5.45. The molecule has 1 saturated heterocycles. The Kier molecular flexibility index (Phi) is 5.02. The van der Waals surface area contributed by atoms with Crippen molar-refractivity contribution in [1.29, 1.82) is 0 Å². The van der Waals surface area contributed by atoms with E-state index in [1.54, 1.807) is 29.2 Å². The second-order valence-electron chi connectivity index (χ2n) is 7.51. The molecule has 0 radical (unpaired) electrons. The zero-order valence-electron chi connectivity index (χ0n) is 15.7. The summed E-state index contributed by atoms with van der Waals surface area (Å²) in [4.78, 5) is 26.9. The van der Waals surface area contributed by atoms with Crippen LogP contribution in [0.2, 0.25) is 5.02 Å². The molecule has 0 atom stereocenters. The molecule has 2 aromatic carbocycles. The Morgan fingerprint density at radius 3 is 2.61 bits per heavy atom. The van der Waals surface area contributed by atoms with Crippen molar-refractivity contribution in [2.45, 2.75) is 31.8 Å². The number of nitrogens with zero attached hydrogens (tertiary/aromatic N) is 1. The summed E-state index contributed by atoms with van der Waals surface area (Å²) >= 11 is 5.85. The first-order valence-corrected chi connectivity index (χ1v) is 9.81. The van der Waals surface area contributed by atoms with Crippen LogP contribution in [0.5, 0.6) is 11.5 Å². The molecule has 4 rings (SSSR count). The molecule has 28 heavy (non-hydrogen) atoms. The van der Waals surface area contributed by atoms with Crippen LogP contribution in [0.3, 0.4) is 0 Å². The number of halogens is 1. The van der Waals surface area contributed by atoms with Crippen LogP contribution in [0.4, 0.5) is 0 Å². The summed E-state index contributed by atoms with van der Waals surface area (Å²) in [6.07, 6.45) is 1.64. The Balaban J connectivity index is 1.35. The van der Waals surface area contributed by atoms with E-state index in [2.05, 4.69) is 0 Å². The fraction of sp³-hybridized carbons (Fsp3) is 0.364. The number of benzene rings is 2. The van der Waals surface area contributed by atoms with Crippen LogP contribution in [0.25, 0.3) is 0 Å². The zero-order valence-corrected chi connectivity index (χ0v) is 16.5. The number of hydrogen-bond acceptors (Lipinski definition) is 4. The van der Waals surface area contributed by atoms with E-state index in [9.17, 15) is 9.59 Å². The number of carbonyl (C=O) groups is 2. The third-order valence-corrected chi connectivity index (χ3v) is 5.70. The molecule has 1 spiro atoms. The number of piperidine rings is 1. The van der Waals surface area contributed by atoms with E-state index in [0.717, 1.165) is 5.56 Å². The van der Waals surface area contributed by atoms with E-state index in [1.807, 2.05) is 25.1 Å². The van der Waals surface area contributed by atoms with E-state index in [1.165, 1.54) is 0 Å². The largest absolute Gasteiger partial charge is 0.486 e. The van der Waals surface area contributed by atoms with Crippen molar-refractivity contribution < 1.29 is 19.1 Å². The standard InChI is InChI=1S/C22H22ClNO4/c1-15-2-7-20-18(12-15)19(25)13-22(28-20)8-10-24(11-9-22)21(26)14-27-17-5-3-16(23)4-6-17/h2-7,12H,8-11,13-14H2,1H3.